The molecule has 4 heteroatoms. The summed E-state index contributed by atoms with van der Waals surface area (Å²) in [5, 5.41) is 0. The summed E-state index contributed by atoms with van der Waals surface area (Å²) in [5.41, 5.74) is 4.73. The van der Waals surface area contributed by atoms with Crippen LogP contribution in [0.3, 0.4) is 0 Å². The maximum Gasteiger partial charge on any atom is 0.339 e. The van der Waals surface area contributed by atoms with Gasteiger partial charge in [-0.3, -0.25) is 0 Å². The fourth-order valence-corrected chi connectivity index (χ4v) is 3.52. The Bertz CT molecular complexity index is 833. The molecule has 144 valence electrons. The highest BCUT2D eigenvalue weighted by Crippen LogP contribution is 2.38. The van der Waals surface area contributed by atoms with Crippen LogP contribution >= 0.6 is 0 Å². The Labute approximate surface area is 161 Å². The summed E-state index contributed by atoms with van der Waals surface area (Å²) in [4.78, 5) is 12.6. The maximum atomic E-state index is 12.6. The van der Waals surface area contributed by atoms with E-state index in [-0.39, 0.29) is 0 Å². The predicted octanol–water partition coefficient (Wildman–Crippen LogP) is 5.02. The number of fused-ring (bicyclic) bond motifs is 1. The van der Waals surface area contributed by atoms with E-state index < -0.39 is 17.7 Å². The molecule has 1 atom stereocenters. The lowest BCUT2D eigenvalue weighted by molar-refractivity contribution is -0.164. The summed E-state index contributed by atoms with van der Waals surface area (Å²) < 4.78 is 16.9. The molecule has 1 heterocycles. The number of carbonyl (C=O) groups is 1. The van der Waals surface area contributed by atoms with Crippen molar-refractivity contribution in [3.63, 3.8) is 0 Å². The van der Waals surface area contributed by atoms with Crippen molar-refractivity contribution in [1.29, 1.82) is 0 Å². The third kappa shape index (κ3) is 4.33. The second-order valence-corrected chi connectivity index (χ2v) is 7.95. The van der Waals surface area contributed by atoms with E-state index in [4.69, 9.17) is 14.2 Å². The summed E-state index contributed by atoms with van der Waals surface area (Å²) in [6, 6.07) is 12.2. The highest BCUT2D eigenvalue weighted by Gasteiger charge is 2.30. The smallest absolute Gasteiger partial charge is 0.339 e. The van der Waals surface area contributed by atoms with Crippen molar-refractivity contribution in [3.05, 3.63) is 53.1 Å². The molecular weight excluding hydrogens is 340 g/mol. The highest BCUT2D eigenvalue weighted by atomic mass is 16.6. The zero-order valence-electron chi connectivity index (χ0n) is 16.8. The Morgan fingerprint density at radius 2 is 1.96 bits per heavy atom. The van der Waals surface area contributed by atoms with Gasteiger partial charge in [-0.05, 0) is 74.9 Å². The Hall–Kier alpha value is -2.33. The van der Waals surface area contributed by atoms with Gasteiger partial charge in [0.25, 0.3) is 0 Å². The highest BCUT2D eigenvalue weighted by molar-refractivity contribution is 5.82. The van der Waals surface area contributed by atoms with Crippen LogP contribution in [0.5, 0.6) is 5.75 Å². The third-order valence-electron chi connectivity index (χ3n) is 4.67. The van der Waals surface area contributed by atoms with Crippen LogP contribution in [0.4, 0.5) is 0 Å². The molecule has 0 radical (unpaired) electrons. The maximum absolute atomic E-state index is 12.6. The summed E-state index contributed by atoms with van der Waals surface area (Å²) in [6.07, 6.45) is 1.25. The molecular formula is C23H28O4. The van der Waals surface area contributed by atoms with Gasteiger partial charge in [0, 0.05) is 5.56 Å². The minimum absolute atomic E-state index is 0.391. The molecule has 0 N–H and O–H groups in total. The lowest BCUT2D eigenvalue weighted by Gasteiger charge is -2.28. The number of carbonyl (C=O) groups excluding carboxylic acids is 1. The van der Waals surface area contributed by atoms with Crippen molar-refractivity contribution in [2.24, 2.45) is 0 Å². The molecule has 1 unspecified atom stereocenters. The average molecular weight is 368 g/mol. The molecule has 0 aliphatic carbocycles. The molecule has 0 fully saturated rings. The van der Waals surface area contributed by atoms with E-state index in [1.54, 1.807) is 0 Å². The minimum atomic E-state index is -0.780. The standard InChI is InChI=1S/C23H28O4/c1-15-8-6-10-18(21(22(24)25-5)27-23(2,3)4)20(15)17-11-12-19-16(14-17)9-7-13-26-19/h6,8,10-12,14,21H,7,9,13H2,1-5H3. The van der Waals surface area contributed by atoms with E-state index in [1.807, 2.05) is 39.0 Å². The second kappa shape index (κ2) is 7.73. The van der Waals surface area contributed by atoms with Crippen molar-refractivity contribution in [3.8, 4) is 16.9 Å². The molecule has 0 amide bonds. The van der Waals surface area contributed by atoms with Gasteiger partial charge in [0.1, 0.15) is 5.75 Å². The van der Waals surface area contributed by atoms with Crippen molar-refractivity contribution in [1.82, 2.24) is 0 Å². The molecule has 0 aromatic heterocycles. The topological polar surface area (TPSA) is 44.8 Å². The van der Waals surface area contributed by atoms with Gasteiger partial charge in [0.2, 0.25) is 0 Å². The third-order valence-corrected chi connectivity index (χ3v) is 4.67. The van der Waals surface area contributed by atoms with Crippen LogP contribution in [0.25, 0.3) is 11.1 Å². The van der Waals surface area contributed by atoms with E-state index >= 15 is 0 Å². The zero-order chi connectivity index (χ0) is 19.6. The van der Waals surface area contributed by atoms with Crippen molar-refractivity contribution < 1.29 is 19.0 Å². The summed E-state index contributed by atoms with van der Waals surface area (Å²) in [5.74, 6) is 0.564. The summed E-state index contributed by atoms with van der Waals surface area (Å²) in [7, 11) is 1.40. The van der Waals surface area contributed by atoms with E-state index in [9.17, 15) is 4.79 Å². The fraction of sp³-hybridized carbons (Fsp3) is 0.435. The average Bonchev–Trinajstić information content (AvgIpc) is 2.64. The van der Waals surface area contributed by atoms with Crippen molar-refractivity contribution in [2.75, 3.05) is 13.7 Å². The first-order valence-corrected chi connectivity index (χ1v) is 9.41. The number of methoxy groups -OCH3 is 1. The quantitative estimate of drug-likeness (QED) is 0.711. The number of benzene rings is 2. The predicted molar refractivity (Wildman–Crippen MR) is 106 cm³/mol. The Morgan fingerprint density at radius 3 is 2.67 bits per heavy atom. The van der Waals surface area contributed by atoms with Crippen LogP contribution < -0.4 is 4.74 Å². The number of aryl methyl sites for hydroxylation is 2. The Morgan fingerprint density at radius 1 is 1.19 bits per heavy atom. The molecule has 0 spiro atoms. The van der Waals surface area contributed by atoms with Crippen LogP contribution in [0.15, 0.2) is 36.4 Å². The number of rotatable bonds is 4. The van der Waals surface area contributed by atoms with E-state index in [1.165, 1.54) is 12.7 Å². The van der Waals surface area contributed by atoms with E-state index in [0.29, 0.717) is 0 Å². The molecule has 1 aliphatic rings. The molecule has 0 saturated heterocycles. The van der Waals surface area contributed by atoms with Gasteiger partial charge in [-0.25, -0.2) is 4.79 Å². The van der Waals surface area contributed by atoms with Crippen LogP contribution in [0.1, 0.15) is 50.0 Å². The van der Waals surface area contributed by atoms with Crippen LogP contribution in [0.2, 0.25) is 0 Å². The van der Waals surface area contributed by atoms with Crippen LogP contribution in [-0.2, 0) is 20.7 Å². The fourth-order valence-electron chi connectivity index (χ4n) is 3.52. The van der Waals surface area contributed by atoms with Gasteiger partial charge in [-0.15, -0.1) is 0 Å². The van der Waals surface area contributed by atoms with Gasteiger partial charge in [0.05, 0.1) is 19.3 Å². The van der Waals surface area contributed by atoms with Crippen molar-refractivity contribution in [2.45, 2.75) is 52.2 Å². The molecule has 2 aromatic carbocycles. The second-order valence-electron chi connectivity index (χ2n) is 7.95. The Kier molecular flexibility index (Phi) is 5.56. The molecule has 27 heavy (non-hydrogen) atoms. The van der Waals surface area contributed by atoms with Gasteiger partial charge in [-0.2, -0.15) is 0 Å². The molecule has 3 rings (SSSR count). The number of hydrogen-bond acceptors (Lipinski definition) is 4. The largest absolute Gasteiger partial charge is 0.493 e. The molecule has 4 nitrogen and oxygen atoms in total. The van der Waals surface area contributed by atoms with E-state index in [0.717, 1.165) is 47.5 Å². The van der Waals surface area contributed by atoms with Crippen molar-refractivity contribution >= 4 is 5.97 Å². The van der Waals surface area contributed by atoms with E-state index in [2.05, 4.69) is 25.1 Å². The summed E-state index contributed by atoms with van der Waals surface area (Å²) >= 11 is 0. The number of esters is 1. The zero-order valence-corrected chi connectivity index (χ0v) is 16.8. The van der Waals surface area contributed by atoms with Gasteiger partial charge in [0.15, 0.2) is 6.10 Å². The van der Waals surface area contributed by atoms with Gasteiger partial charge in [-0.1, -0.05) is 24.3 Å². The molecule has 0 bridgehead atoms. The Balaban J connectivity index is 2.12. The first-order valence-electron chi connectivity index (χ1n) is 9.41. The SMILES string of the molecule is COC(=O)C(OC(C)(C)C)c1cccc(C)c1-c1ccc2c(c1)CCCO2. The normalized spacial score (nSPS) is 14.9. The first kappa shape index (κ1) is 19.4. The monoisotopic (exact) mass is 368 g/mol. The van der Waals surface area contributed by atoms with Gasteiger partial charge < -0.3 is 14.2 Å². The van der Waals surface area contributed by atoms with Crippen LogP contribution in [0, 0.1) is 6.92 Å². The lowest BCUT2D eigenvalue weighted by atomic mass is 9.90. The molecule has 1 aliphatic heterocycles. The lowest BCUT2D eigenvalue weighted by Crippen LogP contribution is -2.28. The number of ether oxygens (including phenoxy) is 3. The van der Waals surface area contributed by atoms with Crippen LogP contribution in [-0.4, -0.2) is 25.3 Å². The minimum Gasteiger partial charge on any atom is -0.493 e. The first-order chi connectivity index (χ1) is 12.8. The number of hydrogen-bond donors (Lipinski definition) is 0. The van der Waals surface area contributed by atoms with Gasteiger partial charge >= 0.3 is 5.97 Å². The molecule has 2 aromatic rings. The molecule has 0 saturated carbocycles. The summed E-state index contributed by atoms with van der Waals surface area (Å²) in [6.45, 7) is 8.64.